The topological polar surface area (TPSA) is 118 Å². The number of nitrogens with one attached hydrogen (secondary N) is 2. The van der Waals surface area contributed by atoms with E-state index < -0.39 is 18.6 Å². The molecule has 2 aromatic rings. The Labute approximate surface area is 218 Å². The molecule has 0 saturated carbocycles. The maximum atomic E-state index is 12.8. The summed E-state index contributed by atoms with van der Waals surface area (Å²) in [6.07, 6.45) is -1.96. The van der Waals surface area contributed by atoms with E-state index in [0.717, 1.165) is 18.5 Å². The largest absolute Gasteiger partial charge is 0.489 e. The minimum Gasteiger partial charge on any atom is -0.489 e. The van der Waals surface area contributed by atoms with Crippen LogP contribution >= 0.6 is 0 Å². The van der Waals surface area contributed by atoms with Crippen LogP contribution in [0.3, 0.4) is 0 Å². The van der Waals surface area contributed by atoms with E-state index in [4.69, 9.17) is 20.2 Å². The van der Waals surface area contributed by atoms with Gasteiger partial charge in [-0.2, -0.15) is 13.2 Å². The van der Waals surface area contributed by atoms with Crippen LogP contribution in [0, 0.1) is 0 Å². The molecule has 3 aliphatic heterocycles. The second-order valence-electron chi connectivity index (χ2n) is 9.78. The predicted molar refractivity (Wildman–Crippen MR) is 136 cm³/mol. The highest BCUT2D eigenvalue weighted by molar-refractivity contribution is 5.96. The summed E-state index contributed by atoms with van der Waals surface area (Å²) in [5.41, 5.74) is 7.77. The smallest absolute Gasteiger partial charge is 0.401 e. The van der Waals surface area contributed by atoms with Gasteiger partial charge in [0.05, 0.1) is 24.0 Å². The number of benzene rings is 1. The third-order valence-electron chi connectivity index (χ3n) is 7.03. The van der Waals surface area contributed by atoms with Gasteiger partial charge >= 0.3 is 6.18 Å². The number of alkyl halides is 3. The normalized spacial score (nSPS) is 20.3. The molecule has 1 aromatic carbocycles. The molecule has 1 amide bonds. The van der Waals surface area contributed by atoms with E-state index in [-0.39, 0.29) is 36.7 Å². The first kappa shape index (κ1) is 26.3. The van der Waals surface area contributed by atoms with Gasteiger partial charge in [0, 0.05) is 50.6 Å². The van der Waals surface area contributed by atoms with Gasteiger partial charge in [-0.1, -0.05) is 6.92 Å². The molecule has 4 N–H and O–H groups in total. The van der Waals surface area contributed by atoms with Crippen molar-refractivity contribution in [2.45, 2.75) is 44.4 Å². The third kappa shape index (κ3) is 5.88. The van der Waals surface area contributed by atoms with Crippen LogP contribution in [0.1, 0.15) is 35.9 Å². The summed E-state index contributed by atoms with van der Waals surface area (Å²) < 4.78 is 49.9. The van der Waals surface area contributed by atoms with Crippen molar-refractivity contribution in [1.82, 2.24) is 14.9 Å². The summed E-state index contributed by atoms with van der Waals surface area (Å²) in [5.74, 6) is 0.746. The highest BCUT2D eigenvalue weighted by Gasteiger charge is 2.38. The molecule has 10 nitrogen and oxygen atoms in total. The zero-order valence-corrected chi connectivity index (χ0v) is 21.2. The average Bonchev–Trinajstić information content (AvgIpc) is 2.88. The molecule has 1 aromatic heterocycles. The van der Waals surface area contributed by atoms with Crippen LogP contribution in [0.25, 0.3) is 0 Å². The second-order valence-corrected chi connectivity index (χ2v) is 9.78. The van der Waals surface area contributed by atoms with Gasteiger partial charge in [0.25, 0.3) is 5.91 Å². The Balaban J connectivity index is 1.35. The fraction of sp³-hybridized carbons (Fsp3) is 0.560. The third-order valence-corrected chi connectivity index (χ3v) is 7.03. The van der Waals surface area contributed by atoms with Crippen molar-refractivity contribution < 1.29 is 27.4 Å². The lowest BCUT2D eigenvalue weighted by Crippen LogP contribution is -2.58. The van der Waals surface area contributed by atoms with Gasteiger partial charge in [0.2, 0.25) is 0 Å². The predicted octanol–water partition coefficient (Wildman–Crippen LogP) is 2.92. The molecule has 3 aliphatic rings. The number of ether oxygens (including phenoxy) is 2. The average molecular weight is 536 g/mol. The van der Waals surface area contributed by atoms with Gasteiger partial charge in [-0.05, 0) is 31.4 Å². The molecule has 38 heavy (non-hydrogen) atoms. The Morgan fingerprint density at radius 2 is 1.97 bits per heavy atom. The number of carbonyl (C=O) groups excluding carboxylic acids is 1. The van der Waals surface area contributed by atoms with Gasteiger partial charge in [-0.25, -0.2) is 9.97 Å². The lowest BCUT2D eigenvalue weighted by atomic mass is 10.1. The highest BCUT2D eigenvalue weighted by Crippen LogP contribution is 2.38. The number of piperazine rings is 1. The summed E-state index contributed by atoms with van der Waals surface area (Å²) in [6, 6.07) is 5.50. The standard InChI is InChI=1S/C25H32F3N7O3/c1-2-18-23(30-15-5-9-37-10-6-15)33-24(21(32-18)22(29)36)31-16-3-4-19-20(11-16)38-13-17-12-34(7-8-35(17)19)14-25(26,27)28/h3-4,11,15,17H,2,5-10,12-14H2,1H3,(H2,29,36)(H2,30,31,33)/t17-/m1/s1. The Morgan fingerprint density at radius 3 is 2.68 bits per heavy atom. The zero-order chi connectivity index (χ0) is 26.9. The lowest BCUT2D eigenvalue weighted by Gasteiger charge is -2.45. The first-order valence-electron chi connectivity index (χ1n) is 12.8. The molecular weight excluding hydrogens is 503 g/mol. The summed E-state index contributed by atoms with van der Waals surface area (Å²) in [5, 5.41) is 6.61. The van der Waals surface area contributed by atoms with Crippen LogP contribution in [0.15, 0.2) is 18.2 Å². The quantitative estimate of drug-likeness (QED) is 0.492. The highest BCUT2D eigenvalue weighted by atomic mass is 19.4. The van der Waals surface area contributed by atoms with E-state index in [2.05, 4.69) is 20.5 Å². The van der Waals surface area contributed by atoms with E-state index in [0.29, 0.717) is 55.7 Å². The minimum atomic E-state index is -4.22. The number of carbonyl (C=O) groups is 1. The van der Waals surface area contributed by atoms with Gasteiger partial charge < -0.3 is 30.7 Å². The minimum absolute atomic E-state index is 0.0406. The molecule has 0 spiro atoms. The zero-order valence-electron chi connectivity index (χ0n) is 21.2. The van der Waals surface area contributed by atoms with Crippen molar-refractivity contribution in [3.8, 4) is 5.75 Å². The number of halogens is 3. The number of amides is 1. The van der Waals surface area contributed by atoms with Crippen LogP contribution in [0.5, 0.6) is 5.75 Å². The molecule has 206 valence electrons. The molecule has 2 saturated heterocycles. The maximum Gasteiger partial charge on any atom is 0.401 e. The summed E-state index contributed by atoms with van der Waals surface area (Å²) >= 11 is 0. The van der Waals surface area contributed by atoms with Crippen molar-refractivity contribution in [1.29, 1.82) is 0 Å². The molecule has 13 heteroatoms. The van der Waals surface area contributed by atoms with Gasteiger partial charge in [0.1, 0.15) is 12.4 Å². The molecular formula is C25H32F3N7O3. The molecule has 4 heterocycles. The molecule has 0 radical (unpaired) electrons. The molecule has 0 bridgehead atoms. The SMILES string of the molecule is CCc1nc(C(N)=O)c(Nc2ccc3c(c2)OC[C@H]2CN(CC(F)(F)F)CCN32)nc1NC1CCOCC1. The molecule has 5 rings (SSSR count). The van der Waals surface area contributed by atoms with Gasteiger partial charge in [-0.15, -0.1) is 0 Å². The van der Waals surface area contributed by atoms with Crippen LogP contribution in [0.4, 0.5) is 36.2 Å². The Bertz CT molecular complexity index is 1170. The van der Waals surface area contributed by atoms with Crippen molar-refractivity contribution in [2.75, 3.05) is 61.5 Å². The first-order chi connectivity index (χ1) is 18.2. The lowest BCUT2D eigenvalue weighted by molar-refractivity contribution is -0.147. The van der Waals surface area contributed by atoms with Crippen LogP contribution in [-0.4, -0.2) is 85.0 Å². The molecule has 0 unspecified atom stereocenters. The fourth-order valence-electron chi connectivity index (χ4n) is 5.17. The van der Waals surface area contributed by atoms with E-state index in [1.165, 1.54) is 4.90 Å². The Hall–Kier alpha value is -3.32. The van der Waals surface area contributed by atoms with Crippen molar-refractivity contribution >= 4 is 28.9 Å². The molecule has 1 atom stereocenters. The number of primary amides is 1. The van der Waals surface area contributed by atoms with Crippen LogP contribution in [-0.2, 0) is 11.2 Å². The number of hydrogen-bond acceptors (Lipinski definition) is 9. The van der Waals surface area contributed by atoms with Gasteiger partial charge in [0.15, 0.2) is 17.3 Å². The fourth-order valence-corrected chi connectivity index (χ4v) is 5.17. The Kier molecular flexibility index (Phi) is 7.48. The molecule has 0 aliphatic carbocycles. The first-order valence-corrected chi connectivity index (χ1v) is 12.8. The van der Waals surface area contributed by atoms with E-state index in [1.807, 2.05) is 19.1 Å². The van der Waals surface area contributed by atoms with Crippen molar-refractivity contribution in [3.63, 3.8) is 0 Å². The summed E-state index contributed by atoms with van der Waals surface area (Å²) in [7, 11) is 0. The van der Waals surface area contributed by atoms with Crippen LogP contribution < -0.4 is 26.0 Å². The number of nitrogens with zero attached hydrogens (tertiary/aromatic N) is 4. The summed E-state index contributed by atoms with van der Waals surface area (Å²) in [6.45, 7) is 3.71. The molecule has 2 fully saturated rings. The van der Waals surface area contributed by atoms with Crippen molar-refractivity contribution in [3.05, 3.63) is 29.6 Å². The second kappa shape index (κ2) is 10.8. The Morgan fingerprint density at radius 1 is 1.18 bits per heavy atom. The van der Waals surface area contributed by atoms with Crippen molar-refractivity contribution in [2.24, 2.45) is 5.73 Å². The van der Waals surface area contributed by atoms with E-state index >= 15 is 0 Å². The number of nitrogens with two attached hydrogens (primary N) is 1. The number of aryl methyl sites for hydroxylation is 1. The van der Waals surface area contributed by atoms with E-state index in [1.54, 1.807) is 6.07 Å². The summed E-state index contributed by atoms with van der Waals surface area (Å²) in [4.78, 5) is 24.9. The van der Waals surface area contributed by atoms with Crippen LogP contribution in [0.2, 0.25) is 0 Å². The number of hydrogen-bond donors (Lipinski definition) is 3. The monoisotopic (exact) mass is 535 g/mol. The number of aromatic nitrogens is 2. The van der Waals surface area contributed by atoms with Gasteiger partial charge in [-0.3, -0.25) is 9.69 Å². The number of anilines is 4. The number of fused-ring (bicyclic) bond motifs is 3. The number of rotatable bonds is 7. The van der Waals surface area contributed by atoms with E-state index in [9.17, 15) is 18.0 Å². The maximum absolute atomic E-state index is 12.8.